The minimum atomic E-state index is -3.18. The van der Waals surface area contributed by atoms with Crippen LogP contribution in [0.15, 0.2) is 30.5 Å². The predicted octanol–water partition coefficient (Wildman–Crippen LogP) is 1.55. The van der Waals surface area contributed by atoms with Crippen LogP contribution in [0.3, 0.4) is 0 Å². The summed E-state index contributed by atoms with van der Waals surface area (Å²) in [5.41, 5.74) is 1.68. The van der Waals surface area contributed by atoms with E-state index in [9.17, 15) is 8.42 Å². The quantitative estimate of drug-likeness (QED) is 0.863. The van der Waals surface area contributed by atoms with Gasteiger partial charge in [0.05, 0.1) is 23.5 Å². The summed E-state index contributed by atoms with van der Waals surface area (Å²) in [6.45, 7) is 2.21. The molecule has 1 N–H and O–H groups in total. The van der Waals surface area contributed by atoms with Gasteiger partial charge in [-0.25, -0.2) is 17.7 Å². The van der Waals surface area contributed by atoms with Gasteiger partial charge in [-0.1, -0.05) is 19.4 Å². The fourth-order valence-electron chi connectivity index (χ4n) is 1.67. The number of aromatic nitrogens is 2. The second kappa shape index (κ2) is 5.49. The molecule has 0 saturated carbocycles. The van der Waals surface area contributed by atoms with Gasteiger partial charge in [0.2, 0.25) is 10.0 Å². The molecular formula is C12H17N3O2S. The van der Waals surface area contributed by atoms with E-state index in [1.807, 2.05) is 37.4 Å². The number of nitrogens with one attached hydrogen (secondary N) is 1. The first-order valence-corrected chi connectivity index (χ1v) is 7.66. The molecule has 2 heterocycles. The Labute approximate surface area is 107 Å². The summed E-state index contributed by atoms with van der Waals surface area (Å²) in [6.07, 6.45) is 3.39. The molecule has 0 bridgehead atoms. The van der Waals surface area contributed by atoms with E-state index in [0.29, 0.717) is 6.42 Å². The van der Waals surface area contributed by atoms with Crippen molar-refractivity contribution in [2.24, 2.45) is 0 Å². The lowest BCUT2D eigenvalue weighted by Crippen LogP contribution is -2.26. The van der Waals surface area contributed by atoms with E-state index >= 15 is 0 Å². The molecule has 2 aromatic heterocycles. The number of nitrogens with zero attached hydrogens (tertiary/aromatic N) is 2. The van der Waals surface area contributed by atoms with Gasteiger partial charge in [-0.15, -0.1) is 0 Å². The molecule has 0 unspecified atom stereocenters. The minimum Gasteiger partial charge on any atom is -0.241 e. The second-order valence-electron chi connectivity index (χ2n) is 4.20. The molecule has 0 fully saturated rings. The van der Waals surface area contributed by atoms with Gasteiger partial charge in [0.25, 0.3) is 0 Å². The van der Waals surface area contributed by atoms with E-state index in [-0.39, 0.29) is 12.3 Å². The normalized spacial score (nSPS) is 12.1. The average molecular weight is 267 g/mol. The van der Waals surface area contributed by atoms with Gasteiger partial charge < -0.3 is 0 Å². The second-order valence-corrected chi connectivity index (χ2v) is 6.13. The van der Waals surface area contributed by atoms with E-state index < -0.39 is 10.0 Å². The van der Waals surface area contributed by atoms with Crippen molar-refractivity contribution in [2.45, 2.75) is 26.3 Å². The van der Waals surface area contributed by atoms with Gasteiger partial charge in [-0.05, 0) is 24.6 Å². The summed E-state index contributed by atoms with van der Waals surface area (Å²) in [5, 5.41) is 4.29. The largest absolute Gasteiger partial charge is 0.241 e. The topological polar surface area (TPSA) is 63.5 Å². The first kappa shape index (κ1) is 13.0. The van der Waals surface area contributed by atoms with Crippen LogP contribution in [0.5, 0.6) is 0 Å². The van der Waals surface area contributed by atoms with Crippen LogP contribution in [-0.2, 0) is 16.6 Å². The van der Waals surface area contributed by atoms with E-state index in [1.165, 1.54) is 0 Å². The summed E-state index contributed by atoms with van der Waals surface area (Å²) in [5.74, 6) is 0.177. The van der Waals surface area contributed by atoms with Crippen LogP contribution in [-0.4, -0.2) is 23.8 Å². The van der Waals surface area contributed by atoms with Crippen LogP contribution < -0.4 is 4.72 Å². The lowest BCUT2D eigenvalue weighted by molar-refractivity contribution is 0.577. The summed E-state index contributed by atoms with van der Waals surface area (Å²) >= 11 is 0. The van der Waals surface area contributed by atoms with Gasteiger partial charge in [0.1, 0.15) is 0 Å². The molecule has 2 aromatic rings. The smallest absolute Gasteiger partial charge is 0.211 e. The van der Waals surface area contributed by atoms with Crippen molar-refractivity contribution in [1.29, 1.82) is 0 Å². The van der Waals surface area contributed by atoms with Crippen LogP contribution >= 0.6 is 0 Å². The van der Waals surface area contributed by atoms with E-state index in [2.05, 4.69) is 9.82 Å². The number of hydrogen-bond donors (Lipinski definition) is 1. The zero-order chi connectivity index (χ0) is 13.0. The Bertz CT molecular complexity index is 586. The SMILES string of the molecule is CCCCS(=O)(=O)NCc1cc2ccccn2n1. The molecule has 0 aromatic carbocycles. The molecule has 0 spiro atoms. The lowest BCUT2D eigenvalue weighted by Gasteiger charge is -2.03. The highest BCUT2D eigenvalue weighted by molar-refractivity contribution is 7.89. The highest BCUT2D eigenvalue weighted by Gasteiger charge is 2.10. The van der Waals surface area contributed by atoms with Crippen molar-refractivity contribution in [2.75, 3.05) is 5.75 Å². The summed E-state index contributed by atoms with van der Waals surface area (Å²) < 4.78 is 27.6. The lowest BCUT2D eigenvalue weighted by atomic mass is 10.3. The zero-order valence-electron chi connectivity index (χ0n) is 10.3. The van der Waals surface area contributed by atoms with Crippen LogP contribution in [0.2, 0.25) is 0 Å². The maximum absolute atomic E-state index is 11.6. The van der Waals surface area contributed by atoms with Gasteiger partial charge >= 0.3 is 0 Å². The molecule has 98 valence electrons. The molecule has 0 radical (unpaired) electrons. The molecule has 6 heteroatoms. The Morgan fingerprint density at radius 1 is 1.39 bits per heavy atom. The maximum atomic E-state index is 11.6. The Kier molecular flexibility index (Phi) is 3.98. The average Bonchev–Trinajstić information content (AvgIpc) is 2.77. The number of sulfonamides is 1. The van der Waals surface area contributed by atoms with Crippen molar-refractivity contribution < 1.29 is 8.42 Å². The van der Waals surface area contributed by atoms with Gasteiger partial charge in [-0.3, -0.25) is 0 Å². The highest BCUT2D eigenvalue weighted by atomic mass is 32.2. The predicted molar refractivity (Wildman–Crippen MR) is 70.7 cm³/mol. The third-order valence-electron chi connectivity index (χ3n) is 2.66. The van der Waals surface area contributed by atoms with Crippen LogP contribution in [0.25, 0.3) is 5.52 Å². The molecule has 0 atom stereocenters. The Balaban J connectivity index is 2.01. The fraction of sp³-hybridized carbons (Fsp3) is 0.417. The molecule has 0 saturated heterocycles. The molecule has 5 nitrogen and oxygen atoms in total. The molecular weight excluding hydrogens is 250 g/mol. The standard InChI is InChI=1S/C12H17N3O2S/c1-2-3-8-18(16,17)13-10-11-9-12-6-4-5-7-15(12)14-11/h4-7,9,13H,2-3,8,10H2,1H3. The first-order valence-electron chi connectivity index (χ1n) is 6.01. The third-order valence-corrected chi connectivity index (χ3v) is 4.07. The Morgan fingerprint density at radius 2 is 2.22 bits per heavy atom. The van der Waals surface area contributed by atoms with Crippen molar-refractivity contribution in [3.8, 4) is 0 Å². The van der Waals surface area contributed by atoms with E-state index in [4.69, 9.17) is 0 Å². The number of fused-ring (bicyclic) bond motifs is 1. The maximum Gasteiger partial charge on any atom is 0.211 e. The molecule has 0 amide bonds. The van der Waals surface area contributed by atoms with E-state index in [0.717, 1.165) is 17.6 Å². The van der Waals surface area contributed by atoms with Crippen molar-refractivity contribution >= 4 is 15.5 Å². The summed E-state index contributed by atoms with van der Waals surface area (Å²) in [6, 6.07) is 7.62. The van der Waals surface area contributed by atoms with E-state index in [1.54, 1.807) is 4.52 Å². The summed E-state index contributed by atoms with van der Waals surface area (Å²) in [7, 11) is -3.18. The third kappa shape index (κ3) is 3.30. The number of hydrogen-bond acceptors (Lipinski definition) is 3. The van der Waals surface area contributed by atoms with Gasteiger partial charge in [0.15, 0.2) is 0 Å². The Morgan fingerprint density at radius 3 is 2.94 bits per heavy atom. The Hall–Kier alpha value is -1.40. The number of rotatable bonds is 6. The molecule has 0 aliphatic heterocycles. The van der Waals surface area contributed by atoms with Crippen LogP contribution in [0, 0.1) is 0 Å². The van der Waals surface area contributed by atoms with Crippen molar-refractivity contribution in [3.05, 3.63) is 36.2 Å². The first-order chi connectivity index (χ1) is 8.61. The zero-order valence-corrected chi connectivity index (χ0v) is 11.2. The van der Waals surface area contributed by atoms with Gasteiger partial charge in [0, 0.05) is 6.20 Å². The molecule has 18 heavy (non-hydrogen) atoms. The molecule has 0 aliphatic rings. The number of unbranched alkanes of at least 4 members (excludes halogenated alkanes) is 1. The van der Waals surface area contributed by atoms with Crippen molar-refractivity contribution in [1.82, 2.24) is 14.3 Å². The number of pyridine rings is 1. The van der Waals surface area contributed by atoms with Crippen molar-refractivity contribution in [3.63, 3.8) is 0 Å². The van der Waals surface area contributed by atoms with Crippen LogP contribution in [0.4, 0.5) is 0 Å². The van der Waals surface area contributed by atoms with Crippen LogP contribution in [0.1, 0.15) is 25.5 Å². The summed E-state index contributed by atoms with van der Waals surface area (Å²) in [4.78, 5) is 0. The molecule has 0 aliphatic carbocycles. The minimum absolute atomic E-state index is 0.177. The molecule has 2 rings (SSSR count). The fourth-order valence-corrected chi connectivity index (χ4v) is 2.85. The monoisotopic (exact) mass is 267 g/mol. The van der Waals surface area contributed by atoms with Gasteiger partial charge in [-0.2, -0.15) is 5.10 Å². The highest BCUT2D eigenvalue weighted by Crippen LogP contribution is 2.06.